The van der Waals surface area contributed by atoms with E-state index in [4.69, 9.17) is 4.74 Å². The van der Waals surface area contributed by atoms with Gasteiger partial charge in [-0.1, -0.05) is 24.3 Å². The molecule has 0 unspecified atom stereocenters. The molecule has 0 saturated heterocycles. The molecule has 3 rings (SSSR count). The second-order valence-corrected chi connectivity index (χ2v) is 9.53. The van der Waals surface area contributed by atoms with E-state index in [0.29, 0.717) is 11.3 Å². The minimum Gasteiger partial charge on any atom is -0.426 e. The van der Waals surface area contributed by atoms with E-state index in [1.54, 1.807) is 54.6 Å². The van der Waals surface area contributed by atoms with E-state index in [0.717, 1.165) is 11.1 Å². The standard InChI is InChI=1S/C25H26N2O5S/c1-18-9-14-23(17-19(18)2)33(30,31)27(3)21-10-12-22(13-11-21)32-24(28)15-16-26-25(29)20-7-5-4-6-8-20/h4-14,17H,15-16H2,1-3H3,(H,26,29). The summed E-state index contributed by atoms with van der Waals surface area (Å²) in [6.45, 7) is 3.93. The number of anilines is 1. The number of nitrogens with one attached hydrogen (secondary N) is 1. The maximum Gasteiger partial charge on any atom is 0.312 e. The molecule has 1 amide bonds. The van der Waals surface area contributed by atoms with Gasteiger partial charge in [-0.05, 0) is 73.5 Å². The van der Waals surface area contributed by atoms with Crippen LogP contribution in [0.1, 0.15) is 27.9 Å². The van der Waals surface area contributed by atoms with E-state index in [9.17, 15) is 18.0 Å². The van der Waals surface area contributed by atoms with Gasteiger partial charge in [-0.3, -0.25) is 13.9 Å². The fourth-order valence-corrected chi connectivity index (χ4v) is 4.33. The summed E-state index contributed by atoms with van der Waals surface area (Å²) in [6.07, 6.45) is 0.00137. The summed E-state index contributed by atoms with van der Waals surface area (Å²) in [5.41, 5.74) is 2.86. The molecule has 0 aromatic heterocycles. The molecule has 0 atom stereocenters. The first-order chi connectivity index (χ1) is 15.7. The van der Waals surface area contributed by atoms with Crippen LogP contribution in [0, 0.1) is 13.8 Å². The number of sulfonamides is 1. The number of ether oxygens (including phenoxy) is 1. The summed E-state index contributed by atoms with van der Waals surface area (Å²) in [5, 5.41) is 2.67. The Bertz CT molecular complexity index is 1240. The third-order valence-corrected chi connectivity index (χ3v) is 7.00. The molecule has 0 saturated carbocycles. The number of carbonyl (C=O) groups excluding carboxylic acids is 2. The Balaban J connectivity index is 1.56. The Labute approximate surface area is 194 Å². The normalized spacial score (nSPS) is 11.0. The van der Waals surface area contributed by atoms with Crippen molar-refractivity contribution in [2.45, 2.75) is 25.2 Å². The largest absolute Gasteiger partial charge is 0.426 e. The van der Waals surface area contributed by atoms with Gasteiger partial charge in [-0.2, -0.15) is 0 Å². The summed E-state index contributed by atoms with van der Waals surface area (Å²) < 4.78 is 32.3. The van der Waals surface area contributed by atoms with Gasteiger partial charge in [0.15, 0.2) is 0 Å². The molecule has 0 fully saturated rings. The predicted octanol–water partition coefficient (Wildman–Crippen LogP) is 3.85. The second-order valence-electron chi connectivity index (χ2n) is 7.56. The molecule has 172 valence electrons. The monoisotopic (exact) mass is 466 g/mol. The van der Waals surface area contributed by atoms with Gasteiger partial charge in [0, 0.05) is 19.2 Å². The highest BCUT2D eigenvalue weighted by Gasteiger charge is 2.22. The molecule has 0 aliphatic carbocycles. The summed E-state index contributed by atoms with van der Waals surface area (Å²) in [7, 11) is -2.25. The lowest BCUT2D eigenvalue weighted by atomic mass is 10.1. The van der Waals surface area contributed by atoms with Crippen molar-refractivity contribution in [2.24, 2.45) is 0 Å². The van der Waals surface area contributed by atoms with Crippen LogP contribution in [0.5, 0.6) is 5.75 Å². The zero-order valence-electron chi connectivity index (χ0n) is 18.7. The number of aryl methyl sites for hydroxylation is 2. The van der Waals surface area contributed by atoms with Gasteiger partial charge < -0.3 is 10.1 Å². The van der Waals surface area contributed by atoms with Crippen LogP contribution in [0.25, 0.3) is 0 Å². The first kappa shape index (κ1) is 24.0. The molecule has 0 radical (unpaired) electrons. The van der Waals surface area contributed by atoms with Crippen LogP contribution in [0.2, 0.25) is 0 Å². The van der Waals surface area contributed by atoms with Crippen molar-refractivity contribution in [1.29, 1.82) is 0 Å². The average Bonchev–Trinajstić information content (AvgIpc) is 2.81. The molecule has 0 heterocycles. The molecule has 1 N–H and O–H groups in total. The fourth-order valence-electron chi connectivity index (χ4n) is 3.05. The maximum atomic E-state index is 12.9. The highest BCUT2D eigenvalue weighted by atomic mass is 32.2. The van der Waals surface area contributed by atoms with E-state index in [1.165, 1.54) is 23.5 Å². The van der Waals surface area contributed by atoms with Crippen molar-refractivity contribution in [3.8, 4) is 5.75 Å². The molecule has 0 aliphatic heterocycles. The highest BCUT2D eigenvalue weighted by Crippen LogP contribution is 2.25. The quantitative estimate of drug-likeness (QED) is 0.402. The molecule has 3 aromatic rings. The fraction of sp³-hybridized carbons (Fsp3) is 0.200. The molecule has 3 aromatic carbocycles. The van der Waals surface area contributed by atoms with E-state index >= 15 is 0 Å². The maximum absolute atomic E-state index is 12.9. The number of esters is 1. The van der Waals surface area contributed by atoms with Crippen molar-refractivity contribution in [2.75, 3.05) is 17.9 Å². The Kier molecular flexibility index (Phi) is 7.50. The number of nitrogens with zero attached hydrogens (tertiary/aromatic N) is 1. The number of carbonyl (C=O) groups is 2. The van der Waals surface area contributed by atoms with Crippen LogP contribution in [0.4, 0.5) is 5.69 Å². The topological polar surface area (TPSA) is 92.8 Å². The third kappa shape index (κ3) is 5.98. The lowest BCUT2D eigenvalue weighted by molar-refractivity contribution is -0.134. The van der Waals surface area contributed by atoms with Crippen LogP contribution in [-0.4, -0.2) is 33.9 Å². The number of hydrogen-bond donors (Lipinski definition) is 1. The van der Waals surface area contributed by atoms with Crippen LogP contribution < -0.4 is 14.4 Å². The molecule has 33 heavy (non-hydrogen) atoms. The van der Waals surface area contributed by atoms with Crippen molar-refractivity contribution in [1.82, 2.24) is 5.32 Å². The van der Waals surface area contributed by atoms with E-state index in [1.807, 2.05) is 19.9 Å². The first-order valence-corrected chi connectivity index (χ1v) is 11.8. The number of hydrogen-bond acceptors (Lipinski definition) is 5. The van der Waals surface area contributed by atoms with Crippen molar-refractivity contribution in [3.63, 3.8) is 0 Å². The van der Waals surface area contributed by atoms with E-state index in [-0.39, 0.29) is 29.5 Å². The van der Waals surface area contributed by atoms with Gasteiger partial charge in [0.05, 0.1) is 17.0 Å². The lowest BCUT2D eigenvalue weighted by Gasteiger charge is -2.20. The van der Waals surface area contributed by atoms with Crippen LogP contribution in [0.15, 0.2) is 77.7 Å². The molecule has 0 aliphatic rings. The van der Waals surface area contributed by atoms with Gasteiger partial charge in [-0.25, -0.2) is 8.42 Å². The number of benzene rings is 3. The van der Waals surface area contributed by atoms with Gasteiger partial charge in [0.2, 0.25) is 0 Å². The second kappa shape index (κ2) is 10.3. The minimum atomic E-state index is -3.72. The number of amides is 1. The van der Waals surface area contributed by atoms with Gasteiger partial charge in [0.25, 0.3) is 15.9 Å². The lowest BCUT2D eigenvalue weighted by Crippen LogP contribution is -2.27. The van der Waals surface area contributed by atoms with Crippen LogP contribution in [0.3, 0.4) is 0 Å². The van der Waals surface area contributed by atoms with Crippen LogP contribution in [-0.2, 0) is 14.8 Å². The Morgan fingerprint density at radius 1 is 0.909 bits per heavy atom. The zero-order chi connectivity index (χ0) is 24.0. The van der Waals surface area contributed by atoms with Crippen molar-refractivity contribution in [3.05, 3.63) is 89.5 Å². The van der Waals surface area contributed by atoms with Crippen molar-refractivity contribution >= 4 is 27.6 Å². The third-order valence-electron chi connectivity index (χ3n) is 5.22. The Morgan fingerprint density at radius 2 is 1.58 bits per heavy atom. The van der Waals surface area contributed by atoms with E-state index in [2.05, 4.69) is 5.32 Å². The molecule has 7 nitrogen and oxygen atoms in total. The molecule has 8 heteroatoms. The Morgan fingerprint density at radius 3 is 2.21 bits per heavy atom. The Hall–Kier alpha value is -3.65. The summed E-state index contributed by atoms with van der Waals surface area (Å²) in [4.78, 5) is 24.3. The first-order valence-electron chi connectivity index (χ1n) is 10.4. The smallest absolute Gasteiger partial charge is 0.312 e. The minimum absolute atomic E-state index is 0.00137. The summed E-state index contributed by atoms with van der Waals surface area (Å²) >= 11 is 0. The van der Waals surface area contributed by atoms with Crippen molar-refractivity contribution < 1.29 is 22.7 Å². The van der Waals surface area contributed by atoms with Gasteiger partial charge in [-0.15, -0.1) is 0 Å². The van der Waals surface area contributed by atoms with Gasteiger partial charge >= 0.3 is 5.97 Å². The molecular formula is C25H26N2O5S. The summed E-state index contributed by atoms with van der Waals surface area (Å²) in [6, 6.07) is 19.9. The highest BCUT2D eigenvalue weighted by molar-refractivity contribution is 7.92. The van der Waals surface area contributed by atoms with Crippen LogP contribution >= 0.6 is 0 Å². The average molecular weight is 467 g/mol. The zero-order valence-corrected chi connectivity index (χ0v) is 19.6. The predicted molar refractivity (Wildman–Crippen MR) is 127 cm³/mol. The summed E-state index contributed by atoms with van der Waals surface area (Å²) in [5.74, 6) is -0.483. The van der Waals surface area contributed by atoms with E-state index < -0.39 is 16.0 Å². The molecular weight excluding hydrogens is 440 g/mol. The molecule has 0 spiro atoms. The number of rotatable bonds is 8. The molecule has 0 bridgehead atoms. The van der Waals surface area contributed by atoms with Gasteiger partial charge in [0.1, 0.15) is 5.75 Å². The SMILES string of the molecule is Cc1ccc(S(=O)(=O)N(C)c2ccc(OC(=O)CCNC(=O)c3ccccc3)cc2)cc1C.